The van der Waals surface area contributed by atoms with Crippen molar-refractivity contribution in [3.63, 3.8) is 0 Å². The van der Waals surface area contributed by atoms with E-state index in [0.717, 1.165) is 0 Å². The van der Waals surface area contributed by atoms with Gasteiger partial charge in [-0.05, 0) is 39.0 Å². The van der Waals surface area contributed by atoms with Gasteiger partial charge in [0.05, 0.1) is 17.9 Å². The maximum atomic E-state index is 14.6. The first-order valence-corrected chi connectivity index (χ1v) is 8.19. The third-order valence-corrected chi connectivity index (χ3v) is 4.00. The molecule has 1 aliphatic rings. The Morgan fingerprint density at radius 3 is 2.54 bits per heavy atom. The van der Waals surface area contributed by atoms with E-state index < -0.39 is 0 Å². The number of ether oxygens (including phenoxy) is 1. The Balaban J connectivity index is 1.72. The van der Waals surface area contributed by atoms with Crippen LogP contribution in [0.25, 0.3) is 0 Å². The summed E-state index contributed by atoms with van der Waals surface area (Å²) in [5.74, 6) is 0.735. The molecule has 1 saturated heterocycles. The molecule has 3 unspecified atom stereocenters. The molecule has 1 N–H and O–H groups in total. The van der Waals surface area contributed by atoms with Gasteiger partial charge in [-0.25, -0.2) is 4.39 Å². The van der Waals surface area contributed by atoms with Gasteiger partial charge in [0, 0.05) is 25.7 Å². The summed E-state index contributed by atoms with van der Waals surface area (Å²) in [5.41, 5.74) is 1.28. The average molecular weight is 334 g/mol. The molecule has 0 bridgehead atoms. The van der Waals surface area contributed by atoms with E-state index in [0.29, 0.717) is 36.2 Å². The first-order valence-electron chi connectivity index (χ1n) is 8.19. The van der Waals surface area contributed by atoms with Crippen molar-refractivity contribution >= 4 is 11.4 Å². The average Bonchev–Trinajstić information content (AvgIpc) is 2.93. The van der Waals surface area contributed by atoms with E-state index >= 15 is 0 Å². The smallest absolute Gasteiger partial charge is 0.238 e. The lowest BCUT2D eigenvalue weighted by atomic mass is 10.1. The van der Waals surface area contributed by atoms with Crippen LogP contribution in [0.4, 0.5) is 15.8 Å². The number of aromatic nitrogens is 2. The zero-order chi connectivity index (χ0) is 17.3. The van der Waals surface area contributed by atoms with Crippen LogP contribution in [0.5, 0.6) is 0 Å². The summed E-state index contributed by atoms with van der Waals surface area (Å²) in [5, 5.41) is 11.0. The molecule has 0 spiro atoms. The summed E-state index contributed by atoms with van der Waals surface area (Å²) in [6.07, 6.45) is 0.179. The number of nitrogens with zero attached hydrogens (tertiary/aromatic N) is 3. The predicted octanol–water partition coefficient (Wildman–Crippen LogP) is 3.30. The molecule has 0 amide bonds. The fraction of sp³-hybridized carbons (Fsp3) is 0.529. The van der Waals surface area contributed by atoms with Crippen LogP contribution in [-0.2, 0) is 4.74 Å². The van der Waals surface area contributed by atoms with Gasteiger partial charge in [0.2, 0.25) is 11.8 Å². The van der Waals surface area contributed by atoms with E-state index in [9.17, 15) is 4.39 Å². The fourth-order valence-electron chi connectivity index (χ4n) is 3.03. The van der Waals surface area contributed by atoms with Crippen molar-refractivity contribution in [3.05, 3.63) is 35.8 Å². The van der Waals surface area contributed by atoms with Crippen LogP contribution in [0, 0.1) is 12.7 Å². The third kappa shape index (κ3) is 3.67. The second-order valence-corrected chi connectivity index (χ2v) is 6.35. The van der Waals surface area contributed by atoms with Crippen LogP contribution in [-0.4, -0.2) is 35.5 Å². The molecule has 2 heterocycles. The molecule has 1 fully saturated rings. The van der Waals surface area contributed by atoms with E-state index in [2.05, 4.69) is 15.5 Å². The molecule has 0 radical (unpaired) electrons. The zero-order valence-electron chi connectivity index (χ0n) is 14.4. The van der Waals surface area contributed by atoms with Gasteiger partial charge in [-0.1, -0.05) is 0 Å². The minimum atomic E-state index is -0.254. The van der Waals surface area contributed by atoms with Crippen LogP contribution in [0.2, 0.25) is 0 Å². The molecule has 3 rings (SSSR count). The molecular formula is C17H23FN4O2. The lowest BCUT2D eigenvalue weighted by molar-refractivity contribution is -0.00539. The van der Waals surface area contributed by atoms with Gasteiger partial charge in [-0.15, -0.1) is 10.2 Å². The zero-order valence-corrected chi connectivity index (χ0v) is 14.4. The summed E-state index contributed by atoms with van der Waals surface area (Å²) < 4.78 is 25.7. The monoisotopic (exact) mass is 334 g/mol. The highest BCUT2D eigenvalue weighted by Crippen LogP contribution is 2.27. The summed E-state index contributed by atoms with van der Waals surface area (Å²) in [4.78, 5) is 2.03. The quantitative estimate of drug-likeness (QED) is 0.925. The molecule has 3 atom stereocenters. The Morgan fingerprint density at radius 1 is 1.25 bits per heavy atom. The minimum absolute atomic E-state index is 0.0896. The highest BCUT2D eigenvalue weighted by Gasteiger charge is 2.24. The molecule has 1 aromatic carbocycles. The molecule has 0 saturated carbocycles. The molecule has 2 aromatic rings. The van der Waals surface area contributed by atoms with Gasteiger partial charge in [0.15, 0.2) is 0 Å². The van der Waals surface area contributed by atoms with Crippen molar-refractivity contribution in [1.82, 2.24) is 10.2 Å². The molecule has 1 aliphatic heterocycles. The second-order valence-electron chi connectivity index (χ2n) is 6.35. The summed E-state index contributed by atoms with van der Waals surface area (Å²) in [7, 11) is 0. The van der Waals surface area contributed by atoms with E-state index in [1.807, 2.05) is 31.7 Å². The molecule has 7 heteroatoms. The number of rotatable bonds is 4. The second kappa shape index (κ2) is 6.76. The molecule has 0 aliphatic carbocycles. The van der Waals surface area contributed by atoms with E-state index in [4.69, 9.17) is 9.15 Å². The van der Waals surface area contributed by atoms with Gasteiger partial charge in [0.25, 0.3) is 0 Å². The Morgan fingerprint density at radius 2 is 1.96 bits per heavy atom. The first-order chi connectivity index (χ1) is 11.4. The van der Waals surface area contributed by atoms with Crippen molar-refractivity contribution < 1.29 is 13.5 Å². The largest absolute Gasteiger partial charge is 0.423 e. The molecular weight excluding hydrogens is 311 g/mol. The summed E-state index contributed by atoms with van der Waals surface area (Å²) in [6, 6.07) is 4.97. The number of benzene rings is 1. The fourth-order valence-corrected chi connectivity index (χ4v) is 3.03. The lowest BCUT2D eigenvalue weighted by Gasteiger charge is -2.37. The van der Waals surface area contributed by atoms with E-state index in [1.165, 1.54) is 6.07 Å². The van der Waals surface area contributed by atoms with Gasteiger partial charge >= 0.3 is 0 Å². The van der Waals surface area contributed by atoms with Gasteiger partial charge in [-0.2, -0.15) is 0 Å². The summed E-state index contributed by atoms with van der Waals surface area (Å²) in [6.45, 7) is 9.01. The predicted molar refractivity (Wildman–Crippen MR) is 89.7 cm³/mol. The van der Waals surface area contributed by atoms with Crippen LogP contribution >= 0.6 is 0 Å². The molecule has 1 aromatic heterocycles. The Bertz CT molecular complexity index is 696. The molecule has 130 valence electrons. The number of halogens is 1. The maximum Gasteiger partial charge on any atom is 0.238 e. The number of anilines is 2. The van der Waals surface area contributed by atoms with E-state index in [1.54, 1.807) is 13.0 Å². The van der Waals surface area contributed by atoms with Crippen molar-refractivity contribution in [2.24, 2.45) is 0 Å². The van der Waals surface area contributed by atoms with Crippen LogP contribution in [0.3, 0.4) is 0 Å². The maximum absolute atomic E-state index is 14.6. The van der Waals surface area contributed by atoms with Crippen LogP contribution < -0.4 is 10.2 Å². The third-order valence-electron chi connectivity index (χ3n) is 4.00. The minimum Gasteiger partial charge on any atom is -0.423 e. The van der Waals surface area contributed by atoms with Crippen molar-refractivity contribution in [2.75, 3.05) is 23.3 Å². The van der Waals surface area contributed by atoms with Crippen LogP contribution in [0.15, 0.2) is 22.6 Å². The number of aryl methyl sites for hydroxylation is 1. The Kier molecular flexibility index (Phi) is 4.71. The normalized spacial score (nSPS) is 22.5. The number of morpholine rings is 1. The van der Waals surface area contributed by atoms with Gasteiger partial charge < -0.3 is 19.4 Å². The van der Waals surface area contributed by atoms with Crippen LogP contribution in [0.1, 0.15) is 38.6 Å². The van der Waals surface area contributed by atoms with Gasteiger partial charge in [0.1, 0.15) is 11.9 Å². The Labute approximate surface area is 141 Å². The van der Waals surface area contributed by atoms with Gasteiger partial charge in [-0.3, -0.25) is 0 Å². The highest BCUT2D eigenvalue weighted by molar-refractivity contribution is 5.57. The topological polar surface area (TPSA) is 63.4 Å². The number of nitrogens with one attached hydrogen (secondary N) is 1. The Hall–Kier alpha value is -2.15. The molecule has 24 heavy (non-hydrogen) atoms. The first kappa shape index (κ1) is 16.7. The highest BCUT2D eigenvalue weighted by atomic mass is 19.1. The number of hydrogen-bond donors (Lipinski definition) is 1. The van der Waals surface area contributed by atoms with Crippen molar-refractivity contribution in [3.8, 4) is 0 Å². The standard InChI is InChI=1S/C17H23FN4O2/c1-10-8-22(9-11(2)23-10)16-6-5-14(7-15(16)18)19-12(3)17-21-20-13(4)24-17/h5-7,10-12,19H,8-9H2,1-4H3. The van der Waals surface area contributed by atoms with E-state index in [-0.39, 0.29) is 24.1 Å². The van der Waals surface area contributed by atoms with Crippen molar-refractivity contribution in [1.29, 1.82) is 0 Å². The SMILES string of the molecule is Cc1nnc(C(C)Nc2ccc(N3CC(C)OC(C)C3)c(F)c2)o1. The number of hydrogen-bond acceptors (Lipinski definition) is 6. The van der Waals surface area contributed by atoms with Crippen molar-refractivity contribution in [2.45, 2.75) is 45.9 Å². The lowest BCUT2D eigenvalue weighted by Crippen LogP contribution is -2.45. The summed E-state index contributed by atoms with van der Waals surface area (Å²) >= 11 is 0. The molecule has 6 nitrogen and oxygen atoms in total.